The van der Waals surface area contributed by atoms with Crippen LogP contribution < -0.4 is 10.9 Å². The largest absolute Gasteiger partial charge is 0.478 e. The summed E-state index contributed by atoms with van der Waals surface area (Å²) in [4.78, 5) is 30.3. The molecule has 0 bridgehead atoms. The summed E-state index contributed by atoms with van der Waals surface area (Å²) in [6, 6.07) is 3.56. The number of carboxylic acids is 1. The van der Waals surface area contributed by atoms with Crippen LogP contribution in [0, 0.1) is 6.92 Å². The molecular weight excluding hydrogens is 450 g/mol. The van der Waals surface area contributed by atoms with E-state index < -0.39 is 5.97 Å². The average molecular weight is 486 g/mol. The molecule has 1 aliphatic carbocycles. The predicted octanol–water partition coefficient (Wildman–Crippen LogP) is 5.93. The van der Waals surface area contributed by atoms with Crippen molar-refractivity contribution >= 4 is 16.9 Å². The molecule has 188 valence electrons. The number of aliphatic carboxylic acids is 1. The van der Waals surface area contributed by atoms with Crippen molar-refractivity contribution in [3.63, 3.8) is 0 Å². The molecular formula is C30H35N3O3. The highest BCUT2D eigenvalue weighted by Crippen LogP contribution is 2.39. The number of allylic oxidation sites excluding steroid dienone is 8. The Morgan fingerprint density at radius 2 is 1.94 bits per heavy atom. The molecule has 2 N–H and O–H groups in total. The molecule has 0 saturated carbocycles. The summed E-state index contributed by atoms with van der Waals surface area (Å²) in [7, 11) is 1.78. The summed E-state index contributed by atoms with van der Waals surface area (Å²) in [5.41, 5.74) is 5.30. The van der Waals surface area contributed by atoms with E-state index in [9.17, 15) is 14.7 Å². The fraction of sp³-hybridized carbons (Fsp3) is 0.300. The molecule has 36 heavy (non-hydrogen) atoms. The third kappa shape index (κ3) is 5.18. The molecule has 0 saturated heterocycles. The number of hydrogen-bond donors (Lipinski definition) is 2. The molecule has 3 rings (SSSR count). The quantitative estimate of drug-likeness (QED) is 0.340. The van der Waals surface area contributed by atoms with E-state index in [0.717, 1.165) is 29.8 Å². The minimum absolute atomic E-state index is 0.0709. The molecule has 6 heteroatoms. The first-order valence-corrected chi connectivity index (χ1v) is 12.1. The van der Waals surface area contributed by atoms with Gasteiger partial charge < -0.3 is 10.4 Å². The van der Waals surface area contributed by atoms with Crippen LogP contribution in [0.1, 0.15) is 62.5 Å². The highest BCUT2D eigenvalue weighted by Gasteiger charge is 2.27. The highest BCUT2D eigenvalue weighted by molar-refractivity contribution is 5.91. The number of aryl methyl sites for hydroxylation is 1. The lowest BCUT2D eigenvalue weighted by Gasteiger charge is -2.22. The molecule has 2 atom stereocenters. The standard InChI is InChI=1S/C30H35N3O3/c1-8-12-21-17-22(16-20(21)10-3)28-32-27-24(14-18(5)15-25(27)29(34)33(28)7)19(6)31-26(13-9-2)23(11-4)30(35)36/h8-15,19,22,31H,2-3,16-17H2,1,4-7H3,(H,35,36)/b12-8-,23-11+,26-13+. The molecule has 2 unspecified atom stereocenters. The minimum atomic E-state index is -1.03. The Labute approximate surface area is 212 Å². The summed E-state index contributed by atoms with van der Waals surface area (Å²) < 4.78 is 1.67. The van der Waals surface area contributed by atoms with Gasteiger partial charge in [0.05, 0.1) is 22.5 Å². The first kappa shape index (κ1) is 26.7. The number of carboxylic acid groups (broad SMARTS) is 1. The van der Waals surface area contributed by atoms with Gasteiger partial charge in [-0.1, -0.05) is 49.6 Å². The maximum atomic E-state index is 13.5. The van der Waals surface area contributed by atoms with E-state index in [0.29, 0.717) is 16.6 Å². The zero-order chi connectivity index (χ0) is 26.6. The zero-order valence-electron chi connectivity index (χ0n) is 21.8. The van der Waals surface area contributed by atoms with Crippen molar-refractivity contribution in [1.29, 1.82) is 0 Å². The van der Waals surface area contributed by atoms with E-state index in [1.54, 1.807) is 36.8 Å². The smallest absolute Gasteiger partial charge is 0.337 e. The number of nitrogens with zero attached hydrogens (tertiary/aromatic N) is 2. The number of rotatable bonds is 9. The molecule has 1 aliphatic rings. The highest BCUT2D eigenvalue weighted by atomic mass is 16.4. The lowest BCUT2D eigenvalue weighted by molar-refractivity contribution is -0.132. The van der Waals surface area contributed by atoms with Crippen molar-refractivity contribution < 1.29 is 9.90 Å². The van der Waals surface area contributed by atoms with E-state index in [1.807, 2.05) is 45.1 Å². The number of nitrogens with one attached hydrogen (secondary N) is 1. The number of aromatic nitrogens is 2. The Hall–Kier alpha value is -3.93. The molecule has 2 aromatic rings. The second kappa shape index (κ2) is 11.2. The minimum Gasteiger partial charge on any atom is -0.478 e. The lowest BCUT2D eigenvalue weighted by atomic mass is 9.98. The molecule has 0 spiro atoms. The molecule has 1 aromatic carbocycles. The number of carbonyl (C=O) groups is 1. The van der Waals surface area contributed by atoms with Crippen LogP contribution in [-0.4, -0.2) is 20.6 Å². The van der Waals surface area contributed by atoms with Gasteiger partial charge in [0.2, 0.25) is 0 Å². The molecule has 6 nitrogen and oxygen atoms in total. The van der Waals surface area contributed by atoms with Crippen LogP contribution in [0.4, 0.5) is 0 Å². The van der Waals surface area contributed by atoms with Crippen molar-refractivity contribution in [2.45, 2.75) is 52.5 Å². The van der Waals surface area contributed by atoms with Gasteiger partial charge in [-0.2, -0.15) is 0 Å². The molecule has 1 heterocycles. The summed E-state index contributed by atoms with van der Waals surface area (Å²) >= 11 is 0. The van der Waals surface area contributed by atoms with Gasteiger partial charge in [0.1, 0.15) is 5.82 Å². The van der Waals surface area contributed by atoms with Gasteiger partial charge in [0.25, 0.3) is 5.56 Å². The zero-order valence-corrected chi connectivity index (χ0v) is 21.8. The van der Waals surface area contributed by atoms with Crippen molar-refractivity contribution in [1.82, 2.24) is 14.9 Å². The molecule has 0 aliphatic heterocycles. The van der Waals surface area contributed by atoms with E-state index in [4.69, 9.17) is 4.98 Å². The lowest BCUT2D eigenvalue weighted by Crippen LogP contribution is -2.26. The van der Waals surface area contributed by atoms with Crippen LogP contribution in [0.15, 0.2) is 89.0 Å². The fourth-order valence-electron chi connectivity index (χ4n) is 4.94. The summed E-state index contributed by atoms with van der Waals surface area (Å²) in [5.74, 6) is -0.218. The molecule has 0 fully saturated rings. The van der Waals surface area contributed by atoms with Crippen LogP contribution in [0.2, 0.25) is 0 Å². The summed E-state index contributed by atoms with van der Waals surface area (Å²) in [5, 5.41) is 13.5. The third-order valence-corrected chi connectivity index (χ3v) is 6.65. The number of hydrogen-bond acceptors (Lipinski definition) is 4. The van der Waals surface area contributed by atoms with Crippen LogP contribution >= 0.6 is 0 Å². The Morgan fingerprint density at radius 3 is 2.53 bits per heavy atom. The summed E-state index contributed by atoms with van der Waals surface area (Å²) in [6.45, 7) is 15.2. The van der Waals surface area contributed by atoms with Crippen LogP contribution in [0.25, 0.3) is 10.9 Å². The predicted molar refractivity (Wildman–Crippen MR) is 147 cm³/mol. The average Bonchev–Trinajstić information content (AvgIpc) is 3.24. The second-order valence-corrected chi connectivity index (χ2v) is 9.13. The number of fused-ring (bicyclic) bond motifs is 1. The van der Waals surface area contributed by atoms with Crippen molar-refractivity contribution in [2.24, 2.45) is 7.05 Å². The van der Waals surface area contributed by atoms with Crippen LogP contribution in [0.3, 0.4) is 0 Å². The van der Waals surface area contributed by atoms with E-state index in [1.165, 1.54) is 11.1 Å². The van der Waals surface area contributed by atoms with Gasteiger partial charge in [-0.15, -0.1) is 0 Å². The Morgan fingerprint density at radius 1 is 1.25 bits per heavy atom. The Kier molecular flexibility index (Phi) is 8.30. The van der Waals surface area contributed by atoms with Crippen molar-refractivity contribution in [2.75, 3.05) is 0 Å². The Balaban J connectivity index is 2.14. The maximum Gasteiger partial charge on any atom is 0.337 e. The van der Waals surface area contributed by atoms with Crippen molar-refractivity contribution in [3.8, 4) is 0 Å². The topological polar surface area (TPSA) is 84.2 Å². The maximum absolute atomic E-state index is 13.5. The van der Waals surface area contributed by atoms with Crippen LogP contribution in [-0.2, 0) is 11.8 Å². The third-order valence-electron chi connectivity index (χ3n) is 6.65. The molecule has 1 aromatic heterocycles. The monoisotopic (exact) mass is 485 g/mol. The van der Waals surface area contributed by atoms with Gasteiger partial charge in [-0.3, -0.25) is 9.36 Å². The van der Waals surface area contributed by atoms with Gasteiger partial charge in [-0.25, -0.2) is 9.78 Å². The van der Waals surface area contributed by atoms with E-state index >= 15 is 0 Å². The summed E-state index contributed by atoms with van der Waals surface area (Å²) in [6.07, 6.45) is 12.3. The fourth-order valence-corrected chi connectivity index (χ4v) is 4.94. The second-order valence-electron chi connectivity index (χ2n) is 9.13. The van der Waals surface area contributed by atoms with Gasteiger partial charge in [-0.05, 0) is 69.4 Å². The van der Waals surface area contributed by atoms with E-state index in [-0.39, 0.29) is 23.1 Å². The SMILES string of the molecule is C=C/C=C(NC(C)c1cc(C)cc2c(=O)n(C)c(C3CC(C=C)=C(/C=C\C)C3)nc12)\C(=C/C)C(=O)O. The van der Waals surface area contributed by atoms with Gasteiger partial charge in [0, 0.05) is 24.2 Å². The Bertz CT molecular complexity index is 1400. The first-order chi connectivity index (χ1) is 17.2. The van der Waals surface area contributed by atoms with E-state index in [2.05, 4.69) is 24.6 Å². The molecule has 0 radical (unpaired) electrons. The van der Waals surface area contributed by atoms with Crippen molar-refractivity contribution in [3.05, 3.63) is 111 Å². The van der Waals surface area contributed by atoms with Gasteiger partial charge in [0.15, 0.2) is 0 Å². The molecule has 0 amide bonds. The normalized spacial score (nSPS) is 17.6. The van der Waals surface area contributed by atoms with Crippen LogP contribution in [0.5, 0.6) is 0 Å². The first-order valence-electron chi connectivity index (χ1n) is 12.1. The number of benzene rings is 1. The van der Waals surface area contributed by atoms with Gasteiger partial charge >= 0.3 is 5.97 Å².